The first-order valence-corrected chi connectivity index (χ1v) is 5.66. The molecule has 0 saturated carbocycles. The Morgan fingerprint density at radius 3 is 3.06 bits per heavy atom. The van der Waals surface area contributed by atoms with Crippen LogP contribution in [0.2, 0.25) is 0 Å². The van der Waals surface area contributed by atoms with Crippen LogP contribution in [-0.2, 0) is 6.42 Å². The van der Waals surface area contributed by atoms with Gasteiger partial charge < -0.3 is 10.4 Å². The number of nitrogens with zero attached hydrogens (tertiary/aromatic N) is 2. The Kier molecular flexibility index (Phi) is 4.03. The molecule has 0 radical (unpaired) electrons. The lowest BCUT2D eigenvalue weighted by atomic mass is 10.1. The predicted octanol–water partition coefficient (Wildman–Crippen LogP) is 0.982. The molecule has 3 N–H and O–H groups in total. The number of aromatic amines is 1. The molecule has 1 heterocycles. The van der Waals surface area contributed by atoms with Crippen LogP contribution in [0, 0.1) is 0 Å². The van der Waals surface area contributed by atoms with Crippen molar-refractivity contribution in [2.24, 2.45) is 0 Å². The Morgan fingerprint density at radius 2 is 2.33 bits per heavy atom. The Hall–Kier alpha value is -2.21. The number of rotatable bonds is 5. The summed E-state index contributed by atoms with van der Waals surface area (Å²) in [7, 11) is 0. The van der Waals surface area contributed by atoms with Gasteiger partial charge in [0.1, 0.15) is 6.33 Å². The molecule has 6 heteroatoms. The lowest BCUT2D eigenvalue weighted by molar-refractivity contribution is 0.101. The summed E-state index contributed by atoms with van der Waals surface area (Å²) in [5, 5.41) is 17.6. The van der Waals surface area contributed by atoms with Crippen LogP contribution in [0.3, 0.4) is 0 Å². The molecule has 0 bridgehead atoms. The average Bonchev–Trinajstić information content (AvgIpc) is 2.91. The van der Waals surface area contributed by atoms with E-state index in [1.807, 2.05) is 18.2 Å². The van der Waals surface area contributed by atoms with E-state index in [4.69, 9.17) is 5.11 Å². The van der Waals surface area contributed by atoms with Gasteiger partial charge >= 0.3 is 0 Å². The number of aryl methyl sites for hydroxylation is 1. The molecule has 1 aromatic carbocycles. The first-order valence-electron chi connectivity index (χ1n) is 5.66. The smallest absolute Gasteiger partial charge is 0.292 e. The number of nitrogens with one attached hydrogen (secondary N) is 2. The topological polar surface area (TPSA) is 90.9 Å². The largest absolute Gasteiger partial charge is 0.396 e. The van der Waals surface area contributed by atoms with Crippen molar-refractivity contribution in [1.29, 1.82) is 0 Å². The van der Waals surface area contributed by atoms with Crippen molar-refractivity contribution in [2.75, 3.05) is 11.9 Å². The van der Waals surface area contributed by atoms with Crippen molar-refractivity contribution in [3.63, 3.8) is 0 Å². The molecule has 0 fully saturated rings. The first kappa shape index (κ1) is 12.3. The number of aromatic nitrogens is 3. The van der Waals surface area contributed by atoms with E-state index in [1.165, 1.54) is 6.33 Å². The molecule has 0 aliphatic carbocycles. The molecule has 0 atom stereocenters. The van der Waals surface area contributed by atoms with Gasteiger partial charge in [-0.3, -0.25) is 9.89 Å². The maximum absolute atomic E-state index is 11.7. The molecule has 2 rings (SSSR count). The van der Waals surface area contributed by atoms with Crippen molar-refractivity contribution < 1.29 is 9.90 Å². The lowest BCUT2D eigenvalue weighted by Gasteiger charge is -2.05. The van der Waals surface area contributed by atoms with Gasteiger partial charge in [0.25, 0.3) is 5.91 Å². The molecular weight excluding hydrogens is 232 g/mol. The summed E-state index contributed by atoms with van der Waals surface area (Å²) >= 11 is 0. The third kappa shape index (κ3) is 3.14. The van der Waals surface area contributed by atoms with Crippen LogP contribution in [0.4, 0.5) is 5.69 Å². The molecule has 1 aromatic heterocycles. The highest BCUT2D eigenvalue weighted by Gasteiger charge is 2.08. The van der Waals surface area contributed by atoms with E-state index in [1.54, 1.807) is 6.07 Å². The maximum Gasteiger partial charge on any atom is 0.292 e. The van der Waals surface area contributed by atoms with Gasteiger partial charge in [-0.25, -0.2) is 4.98 Å². The number of amides is 1. The van der Waals surface area contributed by atoms with Crippen LogP contribution in [0.5, 0.6) is 0 Å². The van der Waals surface area contributed by atoms with Crippen molar-refractivity contribution in [2.45, 2.75) is 12.8 Å². The number of carbonyl (C=O) groups is 1. The second-order valence-electron chi connectivity index (χ2n) is 3.82. The molecule has 0 aliphatic heterocycles. The van der Waals surface area contributed by atoms with Gasteiger partial charge in [-0.05, 0) is 30.5 Å². The molecular formula is C12H14N4O2. The standard InChI is InChI=1S/C12H14N4O2/c17-6-2-4-9-3-1-5-10(7-9)15-12(18)11-13-8-14-16-11/h1,3,5,7-8,17H,2,4,6H2,(H,15,18)(H,13,14,16). The fraction of sp³-hybridized carbons (Fsp3) is 0.250. The Labute approximate surface area is 104 Å². The molecule has 0 saturated heterocycles. The highest BCUT2D eigenvalue weighted by molar-refractivity contribution is 6.01. The molecule has 2 aromatic rings. The van der Waals surface area contributed by atoms with E-state index >= 15 is 0 Å². The van der Waals surface area contributed by atoms with E-state index in [2.05, 4.69) is 20.5 Å². The van der Waals surface area contributed by atoms with Crippen LogP contribution in [0.25, 0.3) is 0 Å². The van der Waals surface area contributed by atoms with E-state index < -0.39 is 0 Å². The normalized spacial score (nSPS) is 10.3. The summed E-state index contributed by atoms with van der Waals surface area (Å²) in [6, 6.07) is 7.50. The van der Waals surface area contributed by atoms with Crippen LogP contribution in [0.1, 0.15) is 22.6 Å². The summed E-state index contributed by atoms with van der Waals surface area (Å²) in [5.41, 5.74) is 1.77. The predicted molar refractivity (Wildman–Crippen MR) is 66.2 cm³/mol. The first-order chi connectivity index (χ1) is 8.79. The summed E-state index contributed by atoms with van der Waals surface area (Å²) in [5.74, 6) is -0.150. The zero-order valence-electron chi connectivity index (χ0n) is 9.76. The number of anilines is 1. The van der Waals surface area contributed by atoms with Crippen molar-refractivity contribution in [3.05, 3.63) is 42.0 Å². The van der Waals surface area contributed by atoms with E-state index in [9.17, 15) is 4.79 Å². The summed E-state index contributed by atoms with van der Waals surface area (Å²) in [6.45, 7) is 0.161. The molecule has 0 spiro atoms. The van der Waals surface area contributed by atoms with Crippen molar-refractivity contribution in [3.8, 4) is 0 Å². The number of aliphatic hydroxyl groups is 1. The molecule has 0 unspecified atom stereocenters. The maximum atomic E-state index is 11.7. The van der Waals surface area contributed by atoms with E-state index in [0.717, 1.165) is 12.0 Å². The second-order valence-corrected chi connectivity index (χ2v) is 3.82. The van der Waals surface area contributed by atoms with Crippen LogP contribution >= 0.6 is 0 Å². The third-order valence-corrected chi connectivity index (χ3v) is 2.44. The molecule has 6 nitrogen and oxygen atoms in total. The molecule has 18 heavy (non-hydrogen) atoms. The van der Waals surface area contributed by atoms with Crippen LogP contribution < -0.4 is 5.32 Å². The molecule has 0 aliphatic rings. The Morgan fingerprint density at radius 1 is 1.44 bits per heavy atom. The highest BCUT2D eigenvalue weighted by atomic mass is 16.2. The number of hydrogen-bond donors (Lipinski definition) is 3. The van der Waals surface area contributed by atoms with Gasteiger partial charge in [0.2, 0.25) is 5.82 Å². The number of aliphatic hydroxyl groups excluding tert-OH is 1. The van der Waals surface area contributed by atoms with Gasteiger partial charge in [-0.2, -0.15) is 5.10 Å². The molecule has 94 valence electrons. The number of hydrogen-bond acceptors (Lipinski definition) is 4. The van der Waals surface area contributed by atoms with Crippen molar-refractivity contribution >= 4 is 11.6 Å². The molecule has 1 amide bonds. The van der Waals surface area contributed by atoms with Gasteiger partial charge in [-0.15, -0.1) is 0 Å². The van der Waals surface area contributed by atoms with Gasteiger partial charge in [-0.1, -0.05) is 12.1 Å². The fourth-order valence-electron chi connectivity index (χ4n) is 1.59. The number of H-pyrrole nitrogens is 1. The summed E-state index contributed by atoms with van der Waals surface area (Å²) < 4.78 is 0. The highest BCUT2D eigenvalue weighted by Crippen LogP contribution is 2.12. The Bertz CT molecular complexity index is 511. The second kappa shape index (κ2) is 5.92. The van der Waals surface area contributed by atoms with Crippen LogP contribution in [0.15, 0.2) is 30.6 Å². The quantitative estimate of drug-likeness (QED) is 0.733. The minimum absolute atomic E-state index is 0.161. The van der Waals surface area contributed by atoms with Crippen LogP contribution in [-0.4, -0.2) is 32.8 Å². The lowest BCUT2D eigenvalue weighted by Crippen LogP contribution is -2.13. The minimum atomic E-state index is -0.327. The van der Waals surface area contributed by atoms with Gasteiger partial charge in [0.15, 0.2) is 0 Å². The summed E-state index contributed by atoms with van der Waals surface area (Å²) in [4.78, 5) is 15.5. The SMILES string of the molecule is O=C(Nc1cccc(CCCO)c1)c1ncn[nH]1. The summed E-state index contributed by atoms with van der Waals surface area (Å²) in [6.07, 6.45) is 2.77. The van der Waals surface area contributed by atoms with Crippen molar-refractivity contribution in [1.82, 2.24) is 15.2 Å². The van der Waals surface area contributed by atoms with E-state index in [-0.39, 0.29) is 18.3 Å². The zero-order valence-corrected chi connectivity index (χ0v) is 9.76. The third-order valence-electron chi connectivity index (χ3n) is 2.44. The minimum Gasteiger partial charge on any atom is -0.396 e. The zero-order chi connectivity index (χ0) is 12.8. The van der Waals surface area contributed by atoms with E-state index in [0.29, 0.717) is 12.1 Å². The average molecular weight is 246 g/mol. The number of carbonyl (C=O) groups excluding carboxylic acids is 1. The fourth-order valence-corrected chi connectivity index (χ4v) is 1.59. The van der Waals surface area contributed by atoms with Gasteiger partial charge in [0, 0.05) is 12.3 Å². The van der Waals surface area contributed by atoms with Gasteiger partial charge in [0.05, 0.1) is 0 Å². The monoisotopic (exact) mass is 246 g/mol. The number of benzene rings is 1. The Balaban J connectivity index is 2.03.